The van der Waals surface area contributed by atoms with Crippen LogP contribution in [-0.4, -0.2) is 52.3 Å². The van der Waals surface area contributed by atoms with Crippen LogP contribution in [0.15, 0.2) is 24.3 Å². The monoisotopic (exact) mass is 532 g/mol. The number of hydrogen-bond donors (Lipinski definition) is 2. The first-order chi connectivity index (χ1) is 18.6. The average Bonchev–Trinajstić information content (AvgIpc) is 3.69. The maximum absolute atomic E-state index is 13.6. The Kier molecular flexibility index (Phi) is 8.54. The van der Waals surface area contributed by atoms with Gasteiger partial charge in [0.05, 0.1) is 25.8 Å². The number of fused-ring (bicyclic) bond motifs is 1. The SMILES string of the molecule is CC(C)(C)c1cc(C(=O)CN2Cc3ccc(C4CC4)nc3C2=N)cc(OCCCC(=O)O)c1OCCCC#N. The number of unbranched alkanes of at least 4 members (excludes halogenated alkanes) is 1. The molecule has 39 heavy (non-hydrogen) atoms. The Morgan fingerprint density at radius 1 is 1.18 bits per heavy atom. The second-order valence-electron chi connectivity index (χ2n) is 11.2. The van der Waals surface area contributed by atoms with E-state index in [4.69, 9.17) is 30.2 Å². The van der Waals surface area contributed by atoms with E-state index in [1.54, 1.807) is 11.0 Å². The number of rotatable bonds is 13. The lowest BCUT2D eigenvalue weighted by Crippen LogP contribution is -2.30. The van der Waals surface area contributed by atoms with E-state index in [2.05, 4.69) is 6.07 Å². The normalized spacial score (nSPS) is 14.6. The molecule has 9 heteroatoms. The summed E-state index contributed by atoms with van der Waals surface area (Å²) >= 11 is 0. The second kappa shape index (κ2) is 11.9. The molecule has 1 fully saturated rings. The molecule has 0 radical (unpaired) electrons. The number of Topliss-reactive ketones (excluding diaryl/α,β-unsaturated/α-hetero) is 1. The fourth-order valence-electron chi connectivity index (χ4n) is 4.58. The Balaban J connectivity index is 1.57. The van der Waals surface area contributed by atoms with Crippen LogP contribution >= 0.6 is 0 Å². The van der Waals surface area contributed by atoms with Gasteiger partial charge < -0.3 is 19.5 Å². The van der Waals surface area contributed by atoms with Gasteiger partial charge in [-0.3, -0.25) is 15.0 Å². The predicted molar refractivity (Wildman–Crippen MR) is 146 cm³/mol. The number of nitrogens with zero attached hydrogens (tertiary/aromatic N) is 3. The molecule has 1 aromatic heterocycles. The zero-order valence-corrected chi connectivity index (χ0v) is 22.9. The Morgan fingerprint density at radius 2 is 1.92 bits per heavy atom. The van der Waals surface area contributed by atoms with Gasteiger partial charge in [0.25, 0.3) is 0 Å². The number of amidine groups is 1. The van der Waals surface area contributed by atoms with Crippen molar-refractivity contribution in [3.63, 3.8) is 0 Å². The Morgan fingerprint density at radius 3 is 2.59 bits per heavy atom. The Bertz CT molecular complexity index is 1300. The summed E-state index contributed by atoms with van der Waals surface area (Å²) in [4.78, 5) is 31.0. The highest BCUT2D eigenvalue weighted by Gasteiger charge is 2.32. The van der Waals surface area contributed by atoms with Crippen LogP contribution in [0.4, 0.5) is 0 Å². The van der Waals surface area contributed by atoms with Gasteiger partial charge in [0.1, 0.15) is 11.5 Å². The molecule has 0 unspecified atom stereocenters. The standard InChI is InChI=1S/C30H36N4O5/c1-30(2,3)22-15-21(16-25(38-14-6-7-26(36)37)28(22)39-13-5-4-12-31)24(35)18-34-17-20-10-11-23(19-8-9-19)33-27(20)29(34)32/h10-11,15-16,19,32H,4-9,13-14,17-18H2,1-3H3,(H,36,37). The summed E-state index contributed by atoms with van der Waals surface area (Å²) in [6, 6.07) is 9.63. The molecule has 9 nitrogen and oxygen atoms in total. The molecule has 1 aliphatic carbocycles. The number of aromatic nitrogens is 1. The van der Waals surface area contributed by atoms with E-state index >= 15 is 0 Å². The number of carboxylic acids is 1. The summed E-state index contributed by atoms with van der Waals surface area (Å²) in [5, 5.41) is 26.5. The van der Waals surface area contributed by atoms with Crippen LogP contribution in [0, 0.1) is 16.7 Å². The summed E-state index contributed by atoms with van der Waals surface area (Å²) in [6.07, 6.45) is 3.46. The molecule has 0 bridgehead atoms. The molecule has 2 aliphatic rings. The molecule has 1 saturated carbocycles. The third-order valence-corrected chi connectivity index (χ3v) is 6.89. The highest BCUT2D eigenvalue weighted by Crippen LogP contribution is 2.41. The van der Waals surface area contributed by atoms with Crippen molar-refractivity contribution in [2.75, 3.05) is 19.8 Å². The molecule has 1 aromatic carbocycles. The smallest absolute Gasteiger partial charge is 0.303 e. The molecule has 2 aromatic rings. The molecule has 206 valence electrons. The summed E-state index contributed by atoms with van der Waals surface area (Å²) in [5.74, 6) is 0.573. The molecule has 2 heterocycles. The van der Waals surface area contributed by atoms with E-state index in [9.17, 15) is 9.59 Å². The number of carboxylic acid groups (broad SMARTS) is 1. The van der Waals surface area contributed by atoms with Crippen LogP contribution in [0.3, 0.4) is 0 Å². The fourth-order valence-corrected chi connectivity index (χ4v) is 4.58. The molecular formula is C30H36N4O5. The highest BCUT2D eigenvalue weighted by molar-refractivity contribution is 6.04. The quantitative estimate of drug-likeness (QED) is 0.265. The van der Waals surface area contributed by atoms with Crippen LogP contribution in [0.1, 0.15) is 98.1 Å². The lowest BCUT2D eigenvalue weighted by molar-refractivity contribution is -0.137. The summed E-state index contributed by atoms with van der Waals surface area (Å²) < 4.78 is 12.1. The van der Waals surface area contributed by atoms with Gasteiger partial charge >= 0.3 is 5.97 Å². The highest BCUT2D eigenvalue weighted by atomic mass is 16.5. The van der Waals surface area contributed by atoms with Gasteiger partial charge in [-0.25, -0.2) is 4.98 Å². The van der Waals surface area contributed by atoms with Crippen molar-refractivity contribution in [1.29, 1.82) is 10.7 Å². The summed E-state index contributed by atoms with van der Waals surface area (Å²) in [5.41, 5.74) is 3.47. The number of hydrogen-bond acceptors (Lipinski definition) is 7. The van der Waals surface area contributed by atoms with Crippen LogP contribution in [0.25, 0.3) is 0 Å². The van der Waals surface area contributed by atoms with Crippen LogP contribution < -0.4 is 9.47 Å². The van der Waals surface area contributed by atoms with Crippen molar-refractivity contribution in [3.8, 4) is 17.6 Å². The summed E-state index contributed by atoms with van der Waals surface area (Å²) in [6.45, 7) is 7.01. The minimum absolute atomic E-state index is 0.0262. The molecule has 2 N–H and O–H groups in total. The van der Waals surface area contributed by atoms with Gasteiger partial charge in [-0.2, -0.15) is 5.26 Å². The molecular weight excluding hydrogens is 496 g/mol. The number of carbonyl (C=O) groups is 2. The molecule has 0 spiro atoms. The van der Waals surface area contributed by atoms with Crippen molar-refractivity contribution in [2.45, 2.75) is 77.2 Å². The number of ether oxygens (including phenoxy) is 2. The first kappa shape index (κ1) is 28.1. The summed E-state index contributed by atoms with van der Waals surface area (Å²) in [7, 11) is 0. The van der Waals surface area contributed by atoms with E-state index in [1.807, 2.05) is 39.0 Å². The lowest BCUT2D eigenvalue weighted by atomic mass is 9.84. The third-order valence-electron chi connectivity index (χ3n) is 6.89. The van der Waals surface area contributed by atoms with Gasteiger partial charge in [-0.1, -0.05) is 26.8 Å². The van der Waals surface area contributed by atoms with Gasteiger partial charge in [0.2, 0.25) is 0 Å². The number of carbonyl (C=O) groups excluding carboxylic acids is 1. The Hall–Kier alpha value is -3.93. The van der Waals surface area contributed by atoms with Crippen molar-refractivity contribution in [2.24, 2.45) is 0 Å². The topological polar surface area (TPSA) is 137 Å². The minimum Gasteiger partial charge on any atom is -0.490 e. The van der Waals surface area contributed by atoms with Crippen molar-refractivity contribution in [1.82, 2.24) is 9.88 Å². The largest absolute Gasteiger partial charge is 0.490 e. The third kappa shape index (κ3) is 6.94. The van der Waals surface area contributed by atoms with Gasteiger partial charge in [0, 0.05) is 47.7 Å². The molecule has 0 amide bonds. The van der Waals surface area contributed by atoms with E-state index in [1.165, 1.54) is 0 Å². The van der Waals surface area contributed by atoms with Crippen molar-refractivity contribution in [3.05, 3.63) is 52.3 Å². The van der Waals surface area contributed by atoms with E-state index < -0.39 is 5.97 Å². The number of nitriles is 1. The van der Waals surface area contributed by atoms with E-state index in [0.717, 1.165) is 29.7 Å². The van der Waals surface area contributed by atoms with Gasteiger partial charge in [-0.15, -0.1) is 0 Å². The maximum Gasteiger partial charge on any atom is 0.303 e. The number of nitrogens with one attached hydrogen (secondary N) is 1. The number of ketones is 1. The number of pyridine rings is 1. The fraction of sp³-hybridized carbons (Fsp3) is 0.500. The van der Waals surface area contributed by atoms with E-state index in [-0.39, 0.29) is 36.6 Å². The van der Waals surface area contributed by atoms with Gasteiger partial charge in [0.15, 0.2) is 17.3 Å². The minimum atomic E-state index is -0.904. The van der Waals surface area contributed by atoms with Crippen molar-refractivity contribution >= 4 is 17.6 Å². The maximum atomic E-state index is 13.6. The average molecular weight is 533 g/mol. The zero-order valence-electron chi connectivity index (χ0n) is 22.9. The molecule has 4 rings (SSSR count). The molecule has 0 atom stereocenters. The van der Waals surface area contributed by atoms with Crippen LogP contribution in [0.5, 0.6) is 11.5 Å². The van der Waals surface area contributed by atoms with E-state index in [0.29, 0.717) is 61.1 Å². The Labute approximate surface area is 229 Å². The number of benzene rings is 1. The second-order valence-corrected chi connectivity index (χ2v) is 11.2. The van der Waals surface area contributed by atoms with Gasteiger partial charge in [-0.05, 0) is 49.3 Å². The lowest BCUT2D eigenvalue weighted by Gasteiger charge is -2.26. The van der Waals surface area contributed by atoms with Crippen LogP contribution in [-0.2, 0) is 16.8 Å². The predicted octanol–water partition coefficient (Wildman–Crippen LogP) is 5.21. The molecule has 0 saturated heterocycles. The number of aliphatic carboxylic acids is 1. The van der Waals surface area contributed by atoms with Crippen molar-refractivity contribution < 1.29 is 24.2 Å². The van der Waals surface area contributed by atoms with Crippen LogP contribution in [0.2, 0.25) is 0 Å². The molecule has 1 aliphatic heterocycles. The first-order valence-electron chi connectivity index (χ1n) is 13.5. The zero-order chi connectivity index (χ0) is 28.2. The first-order valence-corrected chi connectivity index (χ1v) is 13.5.